The number of carbonyl (C=O) groups excluding carboxylic acids is 2. The molecule has 2 aromatic carbocycles. The molecule has 0 aliphatic rings. The molecule has 26 heavy (non-hydrogen) atoms. The number of aldehydes is 1. The molecular weight excluding hydrogens is 334 g/mol. The zero-order chi connectivity index (χ0) is 18.8. The highest BCUT2D eigenvalue weighted by Crippen LogP contribution is 2.28. The van der Waals surface area contributed by atoms with Crippen molar-refractivity contribution in [2.75, 3.05) is 13.7 Å². The molecule has 0 aromatic heterocycles. The Labute approximate surface area is 151 Å². The lowest BCUT2D eigenvalue weighted by molar-refractivity contribution is 0.112. The van der Waals surface area contributed by atoms with E-state index >= 15 is 0 Å². The van der Waals surface area contributed by atoms with E-state index in [2.05, 4.69) is 17.2 Å². The lowest BCUT2D eigenvalue weighted by Crippen LogP contribution is -2.24. The number of rotatable bonds is 6. The number of aromatic hydroxyl groups is 1. The number of hydrogen-bond donors (Lipinski definition) is 2. The van der Waals surface area contributed by atoms with Crippen LogP contribution in [-0.4, -0.2) is 31.1 Å². The van der Waals surface area contributed by atoms with E-state index in [1.54, 1.807) is 0 Å². The van der Waals surface area contributed by atoms with Crippen molar-refractivity contribution >= 4 is 12.4 Å². The molecule has 0 bridgehead atoms. The van der Waals surface area contributed by atoms with Gasteiger partial charge in [0.25, 0.3) is 0 Å². The number of carbonyl (C=O) groups is 2. The van der Waals surface area contributed by atoms with Crippen molar-refractivity contribution in [3.63, 3.8) is 0 Å². The highest BCUT2D eigenvalue weighted by molar-refractivity contribution is 5.81. The average Bonchev–Trinajstić information content (AvgIpc) is 2.67. The Morgan fingerprint density at radius 3 is 2.73 bits per heavy atom. The van der Waals surface area contributed by atoms with Crippen LogP contribution in [0.5, 0.6) is 11.5 Å². The van der Waals surface area contributed by atoms with Crippen LogP contribution in [0.25, 0.3) is 0 Å². The van der Waals surface area contributed by atoms with Crippen molar-refractivity contribution in [1.82, 2.24) is 5.32 Å². The fraction of sp³-hybridized carbons (Fsp3) is 0.200. The molecular formula is C20H19NO5. The number of methoxy groups -OCH3 is 1. The molecule has 0 fully saturated rings. The van der Waals surface area contributed by atoms with E-state index in [1.807, 2.05) is 30.3 Å². The van der Waals surface area contributed by atoms with Crippen LogP contribution in [0.2, 0.25) is 0 Å². The summed E-state index contributed by atoms with van der Waals surface area (Å²) in [5.41, 5.74) is 1.62. The predicted octanol–water partition coefficient (Wildman–Crippen LogP) is 2.88. The van der Waals surface area contributed by atoms with E-state index in [4.69, 9.17) is 9.47 Å². The van der Waals surface area contributed by atoms with Crippen LogP contribution in [0.4, 0.5) is 4.79 Å². The van der Waals surface area contributed by atoms with Crippen LogP contribution in [0, 0.1) is 11.8 Å². The van der Waals surface area contributed by atoms with Gasteiger partial charge in [-0.3, -0.25) is 4.79 Å². The van der Waals surface area contributed by atoms with Gasteiger partial charge >= 0.3 is 6.09 Å². The third-order valence-electron chi connectivity index (χ3n) is 3.43. The van der Waals surface area contributed by atoms with Crippen molar-refractivity contribution in [2.24, 2.45) is 0 Å². The number of amides is 1. The maximum Gasteiger partial charge on any atom is 0.407 e. The summed E-state index contributed by atoms with van der Waals surface area (Å²) in [5, 5.41) is 12.4. The van der Waals surface area contributed by atoms with Crippen molar-refractivity contribution < 1.29 is 24.2 Å². The molecule has 6 nitrogen and oxygen atoms in total. The van der Waals surface area contributed by atoms with Crippen molar-refractivity contribution in [3.05, 3.63) is 59.2 Å². The summed E-state index contributed by atoms with van der Waals surface area (Å²) < 4.78 is 10.0. The minimum Gasteiger partial charge on any atom is -0.504 e. The molecule has 1 amide bonds. The van der Waals surface area contributed by atoms with E-state index in [1.165, 1.54) is 19.2 Å². The molecule has 2 rings (SSSR count). The second kappa shape index (κ2) is 9.74. The van der Waals surface area contributed by atoms with Gasteiger partial charge < -0.3 is 19.9 Å². The topological polar surface area (TPSA) is 84.9 Å². The van der Waals surface area contributed by atoms with E-state index in [9.17, 15) is 14.7 Å². The maximum absolute atomic E-state index is 11.6. The first-order chi connectivity index (χ1) is 12.6. The van der Waals surface area contributed by atoms with Crippen molar-refractivity contribution in [3.8, 4) is 23.3 Å². The highest BCUT2D eigenvalue weighted by Gasteiger charge is 2.07. The van der Waals surface area contributed by atoms with Crippen LogP contribution < -0.4 is 10.1 Å². The fourth-order valence-corrected chi connectivity index (χ4v) is 2.11. The van der Waals surface area contributed by atoms with Crippen molar-refractivity contribution in [2.45, 2.75) is 13.0 Å². The molecule has 0 heterocycles. The molecule has 2 aromatic rings. The van der Waals surface area contributed by atoms with Gasteiger partial charge in [-0.05, 0) is 11.6 Å². The van der Waals surface area contributed by atoms with Gasteiger partial charge in [-0.25, -0.2) is 4.79 Å². The van der Waals surface area contributed by atoms with Gasteiger partial charge in [0.15, 0.2) is 17.8 Å². The molecule has 0 radical (unpaired) electrons. The van der Waals surface area contributed by atoms with Crippen LogP contribution in [-0.2, 0) is 11.3 Å². The van der Waals surface area contributed by atoms with Crippen molar-refractivity contribution in [1.29, 1.82) is 0 Å². The summed E-state index contributed by atoms with van der Waals surface area (Å²) in [4.78, 5) is 22.7. The largest absolute Gasteiger partial charge is 0.504 e. The van der Waals surface area contributed by atoms with Gasteiger partial charge in [0, 0.05) is 30.2 Å². The summed E-state index contributed by atoms with van der Waals surface area (Å²) in [6, 6.07) is 12.2. The first-order valence-corrected chi connectivity index (χ1v) is 7.93. The number of nitrogens with one attached hydrogen (secondary N) is 1. The number of phenols is 1. The third-order valence-corrected chi connectivity index (χ3v) is 3.43. The van der Waals surface area contributed by atoms with Gasteiger partial charge in [0.1, 0.15) is 6.61 Å². The monoisotopic (exact) mass is 353 g/mol. The predicted molar refractivity (Wildman–Crippen MR) is 96.2 cm³/mol. The Balaban J connectivity index is 1.81. The molecule has 2 N–H and O–H groups in total. The number of hydrogen-bond acceptors (Lipinski definition) is 5. The summed E-state index contributed by atoms with van der Waals surface area (Å²) >= 11 is 0. The first-order valence-electron chi connectivity index (χ1n) is 7.93. The fourth-order valence-electron chi connectivity index (χ4n) is 2.11. The molecule has 0 spiro atoms. The normalized spacial score (nSPS) is 9.58. The molecule has 6 heteroatoms. The number of alkyl carbamates (subject to hydrolysis) is 1. The van der Waals surface area contributed by atoms with E-state index < -0.39 is 6.09 Å². The molecule has 0 unspecified atom stereocenters. The van der Waals surface area contributed by atoms with E-state index in [0.29, 0.717) is 30.4 Å². The molecule has 0 aliphatic carbocycles. The Hall–Kier alpha value is -3.46. The average molecular weight is 353 g/mol. The summed E-state index contributed by atoms with van der Waals surface area (Å²) in [6.07, 6.45) is 0.489. The highest BCUT2D eigenvalue weighted by atomic mass is 16.5. The van der Waals surface area contributed by atoms with E-state index in [-0.39, 0.29) is 18.1 Å². The Morgan fingerprint density at radius 1 is 1.27 bits per heavy atom. The summed E-state index contributed by atoms with van der Waals surface area (Å²) in [7, 11) is 1.40. The SMILES string of the molecule is COc1cc(C=O)c(C#CCCNC(=O)OCc2ccccc2)cc1O. The van der Waals surface area contributed by atoms with Gasteiger partial charge in [-0.15, -0.1) is 0 Å². The molecule has 0 saturated heterocycles. The molecule has 134 valence electrons. The summed E-state index contributed by atoms with van der Waals surface area (Å²) in [5.74, 6) is 5.75. The minimum absolute atomic E-state index is 0.0926. The minimum atomic E-state index is -0.522. The van der Waals surface area contributed by atoms with Crippen LogP contribution in [0.1, 0.15) is 27.9 Å². The lowest BCUT2D eigenvalue weighted by atomic mass is 10.1. The standard InChI is InChI=1S/C20H19NO5/c1-25-19-12-17(13-22)16(11-18(19)23)9-5-6-10-21-20(24)26-14-15-7-3-2-4-8-15/h2-4,7-8,11-13,23H,6,10,14H2,1H3,(H,21,24). The van der Waals surface area contributed by atoms with Gasteiger partial charge in [-0.2, -0.15) is 0 Å². The number of benzene rings is 2. The van der Waals surface area contributed by atoms with Crippen LogP contribution in [0.3, 0.4) is 0 Å². The third kappa shape index (κ3) is 5.56. The molecule has 0 aliphatic heterocycles. The number of ether oxygens (including phenoxy) is 2. The quantitative estimate of drug-likeness (QED) is 0.474. The van der Waals surface area contributed by atoms with Gasteiger partial charge in [0.05, 0.1) is 7.11 Å². The Bertz CT molecular complexity index is 821. The van der Waals surface area contributed by atoms with E-state index in [0.717, 1.165) is 5.56 Å². The van der Waals surface area contributed by atoms with Gasteiger partial charge in [0.2, 0.25) is 0 Å². The molecule has 0 saturated carbocycles. The first kappa shape index (κ1) is 18.9. The van der Waals surface area contributed by atoms with Crippen LogP contribution >= 0.6 is 0 Å². The maximum atomic E-state index is 11.6. The second-order valence-electron chi connectivity index (χ2n) is 5.27. The van der Waals surface area contributed by atoms with Crippen LogP contribution in [0.15, 0.2) is 42.5 Å². The smallest absolute Gasteiger partial charge is 0.407 e. The number of phenolic OH excluding ortho intramolecular Hbond substituents is 1. The summed E-state index contributed by atoms with van der Waals surface area (Å²) in [6.45, 7) is 0.505. The Morgan fingerprint density at radius 2 is 2.04 bits per heavy atom. The van der Waals surface area contributed by atoms with Gasteiger partial charge in [-0.1, -0.05) is 42.2 Å². The zero-order valence-corrected chi connectivity index (χ0v) is 14.3. The molecule has 0 atom stereocenters. The second-order valence-corrected chi connectivity index (χ2v) is 5.27. The Kier molecular flexibility index (Phi) is 7.07. The lowest BCUT2D eigenvalue weighted by Gasteiger charge is -2.06. The zero-order valence-electron chi connectivity index (χ0n) is 14.3.